The molecule has 0 bridgehead atoms. The highest BCUT2D eigenvalue weighted by Gasteiger charge is 2.13. The van der Waals surface area contributed by atoms with Crippen LogP contribution in [0.15, 0.2) is 93.3 Å². The van der Waals surface area contributed by atoms with Gasteiger partial charge in [-0.25, -0.2) is 5.43 Å². The lowest BCUT2D eigenvalue weighted by atomic mass is 10.1. The van der Waals surface area contributed by atoms with E-state index < -0.39 is 0 Å². The van der Waals surface area contributed by atoms with Crippen LogP contribution < -0.4 is 14.9 Å². The Bertz CT molecular complexity index is 1440. The molecule has 4 aromatic rings. The van der Waals surface area contributed by atoms with Crippen molar-refractivity contribution in [2.24, 2.45) is 5.10 Å². The summed E-state index contributed by atoms with van der Waals surface area (Å²) in [5.74, 6) is 1.03. The van der Waals surface area contributed by atoms with E-state index in [1.54, 1.807) is 25.3 Å². The summed E-state index contributed by atoms with van der Waals surface area (Å²) < 4.78 is 12.3. The second-order valence-electron chi connectivity index (χ2n) is 7.68. The van der Waals surface area contributed by atoms with Gasteiger partial charge in [0.05, 0.1) is 30.7 Å². The molecule has 0 aliphatic carbocycles. The summed E-state index contributed by atoms with van der Waals surface area (Å²) in [5.41, 5.74) is 4.71. The number of nitrogens with zero attached hydrogens (tertiary/aromatic N) is 2. The molecule has 0 heterocycles. The Morgan fingerprint density at radius 3 is 2.67 bits per heavy atom. The first kappa shape index (κ1) is 25.3. The number of carbonyl (C=O) groups excluding carboxylic acids is 1. The molecule has 6 nitrogen and oxygen atoms in total. The minimum Gasteiger partial charge on any atom is -0.493 e. The van der Waals surface area contributed by atoms with Gasteiger partial charge in [-0.15, -0.1) is 11.8 Å². The maximum atomic E-state index is 12.4. The van der Waals surface area contributed by atoms with E-state index in [4.69, 9.17) is 14.7 Å². The van der Waals surface area contributed by atoms with Gasteiger partial charge >= 0.3 is 0 Å². The highest BCUT2D eigenvalue weighted by Crippen LogP contribution is 2.34. The van der Waals surface area contributed by atoms with Gasteiger partial charge in [-0.1, -0.05) is 64.5 Å². The van der Waals surface area contributed by atoms with Gasteiger partial charge in [0.1, 0.15) is 6.61 Å². The molecule has 0 saturated heterocycles. The summed E-state index contributed by atoms with van der Waals surface area (Å²) in [6.45, 7) is 0.276. The number of methoxy groups -OCH3 is 1. The Morgan fingerprint density at radius 1 is 1.11 bits per heavy atom. The predicted octanol–water partition coefficient (Wildman–Crippen LogP) is 6.30. The summed E-state index contributed by atoms with van der Waals surface area (Å²) in [6.07, 6.45) is 1.53. The number of nitriles is 1. The normalized spacial score (nSPS) is 10.8. The van der Waals surface area contributed by atoms with Crippen molar-refractivity contribution >= 4 is 50.6 Å². The van der Waals surface area contributed by atoms with E-state index in [9.17, 15) is 4.79 Å². The van der Waals surface area contributed by atoms with Gasteiger partial charge in [0.25, 0.3) is 0 Å². The molecule has 8 heteroatoms. The number of ether oxygens (including phenoxy) is 2. The molecular formula is C28H22BrN3O3S. The summed E-state index contributed by atoms with van der Waals surface area (Å²) in [4.78, 5) is 13.5. The van der Waals surface area contributed by atoms with Crippen LogP contribution in [0.3, 0.4) is 0 Å². The monoisotopic (exact) mass is 559 g/mol. The fourth-order valence-corrected chi connectivity index (χ4v) is 4.81. The lowest BCUT2D eigenvalue weighted by Crippen LogP contribution is -2.19. The van der Waals surface area contributed by atoms with E-state index in [1.807, 2.05) is 48.5 Å². The third-order valence-corrected chi connectivity index (χ3v) is 6.77. The minimum atomic E-state index is -0.216. The number of nitrogens with one attached hydrogen (secondary N) is 1. The lowest BCUT2D eigenvalue weighted by Gasteiger charge is -2.14. The number of benzene rings is 4. The fourth-order valence-electron chi connectivity index (χ4n) is 3.49. The van der Waals surface area contributed by atoms with Crippen molar-refractivity contribution in [2.75, 3.05) is 12.9 Å². The Hall–Kier alpha value is -3.80. The number of amides is 1. The van der Waals surface area contributed by atoms with Crippen LogP contribution >= 0.6 is 27.7 Å². The van der Waals surface area contributed by atoms with Crippen molar-refractivity contribution in [3.05, 3.63) is 100 Å². The zero-order chi connectivity index (χ0) is 25.3. The number of carbonyl (C=O) groups is 1. The van der Waals surface area contributed by atoms with Gasteiger partial charge in [-0.3, -0.25) is 4.79 Å². The Balaban J connectivity index is 1.42. The molecule has 0 aromatic heterocycles. The molecule has 0 saturated carbocycles. The van der Waals surface area contributed by atoms with Crippen LogP contribution in [-0.4, -0.2) is 25.0 Å². The quantitative estimate of drug-likeness (QED) is 0.148. The molecule has 4 rings (SSSR count). The van der Waals surface area contributed by atoms with Crippen LogP contribution in [0.4, 0.5) is 0 Å². The molecular weight excluding hydrogens is 538 g/mol. The van der Waals surface area contributed by atoms with Crippen LogP contribution in [0.2, 0.25) is 0 Å². The third kappa shape index (κ3) is 6.45. The van der Waals surface area contributed by atoms with Gasteiger partial charge in [0.2, 0.25) is 5.91 Å². The second-order valence-corrected chi connectivity index (χ2v) is 9.62. The predicted molar refractivity (Wildman–Crippen MR) is 147 cm³/mol. The average molecular weight is 560 g/mol. The summed E-state index contributed by atoms with van der Waals surface area (Å²) in [5, 5.41) is 15.4. The van der Waals surface area contributed by atoms with Crippen LogP contribution in [-0.2, 0) is 11.4 Å². The molecule has 1 amide bonds. The van der Waals surface area contributed by atoms with Crippen LogP contribution in [0, 0.1) is 11.3 Å². The second kappa shape index (κ2) is 12.2. The number of hydrogen-bond donors (Lipinski definition) is 1. The zero-order valence-electron chi connectivity index (χ0n) is 19.4. The van der Waals surface area contributed by atoms with Gasteiger partial charge in [-0.05, 0) is 46.7 Å². The molecule has 0 aliphatic heterocycles. The van der Waals surface area contributed by atoms with Crippen molar-refractivity contribution in [3.63, 3.8) is 0 Å². The molecule has 36 heavy (non-hydrogen) atoms. The minimum absolute atomic E-state index is 0.216. The Kier molecular flexibility index (Phi) is 8.61. The maximum absolute atomic E-state index is 12.4. The molecule has 0 fully saturated rings. The molecule has 4 aromatic carbocycles. The number of rotatable bonds is 9. The van der Waals surface area contributed by atoms with Crippen molar-refractivity contribution in [1.82, 2.24) is 5.43 Å². The lowest BCUT2D eigenvalue weighted by molar-refractivity contribution is -0.118. The molecule has 0 atom stereocenters. The largest absolute Gasteiger partial charge is 0.493 e. The van der Waals surface area contributed by atoms with E-state index in [0.717, 1.165) is 25.7 Å². The van der Waals surface area contributed by atoms with Crippen LogP contribution in [0.1, 0.15) is 16.7 Å². The number of thioether (sulfide) groups is 1. The molecule has 1 N–H and O–H groups in total. The number of halogens is 1. The number of hydrazone groups is 1. The smallest absolute Gasteiger partial charge is 0.250 e. The van der Waals surface area contributed by atoms with E-state index in [2.05, 4.69) is 44.7 Å². The topological polar surface area (TPSA) is 83.7 Å². The van der Waals surface area contributed by atoms with Gasteiger partial charge < -0.3 is 9.47 Å². The Labute approximate surface area is 222 Å². The summed E-state index contributed by atoms with van der Waals surface area (Å²) in [6, 6.07) is 27.0. The summed E-state index contributed by atoms with van der Waals surface area (Å²) >= 11 is 4.94. The van der Waals surface area contributed by atoms with Crippen LogP contribution in [0.25, 0.3) is 10.8 Å². The first-order chi connectivity index (χ1) is 17.6. The molecule has 180 valence electrons. The standard InChI is InChI=1S/C28H22BrN3O3S/c1-34-25-14-23(29)13-22(28(25)35-17-20-11-9-19(15-30)10-12-20)16-31-32-27(33)18-36-26-8-4-6-21-5-2-3-7-24(21)26/h2-14,16H,17-18H2,1H3,(H,32,33). The first-order valence-corrected chi connectivity index (χ1v) is 12.8. The van der Waals surface area contributed by atoms with Crippen molar-refractivity contribution in [3.8, 4) is 17.6 Å². The van der Waals surface area contributed by atoms with Crippen molar-refractivity contribution in [1.29, 1.82) is 5.26 Å². The zero-order valence-corrected chi connectivity index (χ0v) is 21.8. The molecule has 0 spiro atoms. The number of fused-ring (bicyclic) bond motifs is 1. The average Bonchev–Trinajstić information content (AvgIpc) is 2.91. The summed E-state index contributed by atoms with van der Waals surface area (Å²) in [7, 11) is 1.56. The molecule has 0 aliphatic rings. The van der Waals surface area contributed by atoms with Crippen molar-refractivity contribution in [2.45, 2.75) is 11.5 Å². The van der Waals surface area contributed by atoms with Gasteiger partial charge in [-0.2, -0.15) is 10.4 Å². The van der Waals surface area contributed by atoms with Crippen LogP contribution in [0.5, 0.6) is 11.5 Å². The van der Waals surface area contributed by atoms with E-state index in [0.29, 0.717) is 22.6 Å². The van der Waals surface area contributed by atoms with E-state index in [-0.39, 0.29) is 18.3 Å². The van der Waals surface area contributed by atoms with Gasteiger partial charge in [0.15, 0.2) is 11.5 Å². The first-order valence-electron chi connectivity index (χ1n) is 11.0. The Morgan fingerprint density at radius 2 is 1.89 bits per heavy atom. The highest BCUT2D eigenvalue weighted by atomic mass is 79.9. The maximum Gasteiger partial charge on any atom is 0.250 e. The third-order valence-electron chi connectivity index (χ3n) is 5.24. The fraction of sp³-hybridized carbons (Fsp3) is 0.107. The van der Waals surface area contributed by atoms with E-state index >= 15 is 0 Å². The highest BCUT2D eigenvalue weighted by molar-refractivity contribution is 9.10. The van der Waals surface area contributed by atoms with Crippen molar-refractivity contribution < 1.29 is 14.3 Å². The van der Waals surface area contributed by atoms with E-state index in [1.165, 1.54) is 18.0 Å². The SMILES string of the molecule is COc1cc(Br)cc(C=NNC(=O)CSc2cccc3ccccc23)c1OCc1ccc(C#N)cc1. The number of hydrogen-bond acceptors (Lipinski definition) is 6. The van der Waals surface area contributed by atoms with Gasteiger partial charge in [0, 0.05) is 14.9 Å². The molecule has 0 radical (unpaired) electrons. The molecule has 0 unspecified atom stereocenters.